The molecule has 3 nitrogen and oxygen atoms in total. The lowest BCUT2D eigenvalue weighted by molar-refractivity contribution is 0.757. The van der Waals surface area contributed by atoms with Gasteiger partial charge in [0.05, 0.1) is 0 Å². The van der Waals surface area contributed by atoms with Gasteiger partial charge in [0.2, 0.25) is 0 Å². The van der Waals surface area contributed by atoms with E-state index in [2.05, 4.69) is 79.6 Å². The molecule has 0 saturated carbocycles. The Balaban J connectivity index is 3.24. The zero-order chi connectivity index (χ0) is 17.2. The molecule has 0 radical (unpaired) electrons. The fourth-order valence-electron chi connectivity index (χ4n) is 3.15. The van der Waals surface area contributed by atoms with Crippen LogP contribution in [0, 0.1) is 0 Å². The molecule has 0 bridgehead atoms. The Morgan fingerprint density at radius 1 is 0.739 bits per heavy atom. The molecule has 0 spiro atoms. The molecule has 3 N–H and O–H groups in total. The van der Waals surface area contributed by atoms with Gasteiger partial charge >= 0.3 is 8.56 Å². The van der Waals surface area contributed by atoms with E-state index < -0.39 is 16.8 Å². The van der Waals surface area contributed by atoms with E-state index in [1.165, 1.54) is 23.3 Å². The van der Waals surface area contributed by atoms with Gasteiger partial charge in [-0.15, -0.1) is 0 Å². The molecule has 0 atom stereocenters. The highest BCUT2D eigenvalue weighted by Gasteiger charge is 2.42. The van der Waals surface area contributed by atoms with Crippen LogP contribution < -0.4 is 19.8 Å². The summed E-state index contributed by atoms with van der Waals surface area (Å²) in [6.45, 7) is 13.7. The fourth-order valence-corrected chi connectivity index (χ4v) is 13.7. The van der Waals surface area contributed by atoms with E-state index in [4.69, 9.17) is 0 Å². The van der Waals surface area contributed by atoms with E-state index in [1.54, 1.807) is 0 Å². The molecule has 0 heterocycles. The lowest BCUT2D eigenvalue weighted by Gasteiger charge is -2.42. The fraction of sp³-hybridized carbons (Fsp3) is 0.667. The maximum absolute atomic E-state index is 4.27. The molecule has 23 heavy (non-hydrogen) atoms. The first-order valence-corrected chi connectivity index (χ1v) is 14.1. The van der Waals surface area contributed by atoms with Crippen LogP contribution in [-0.4, -0.2) is 29.9 Å². The Labute approximate surface area is 146 Å². The summed E-state index contributed by atoms with van der Waals surface area (Å²) in [5, 5.41) is 1.44. The summed E-state index contributed by atoms with van der Waals surface area (Å²) in [4.78, 5) is 7.89. The van der Waals surface area contributed by atoms with Crippen molar-refractivity contribution >= 4 is 22.0 Å². The second-order valence-corrected chi connectivity index (χ2v) is 14.9. The maximum atomic E-state index is 4.27. The van der Waals surface area contributed by atoms with Gasteiger partial charge in [-0.2, -0.15) is 0 Å². The van der Waals surface area contributed by atoms with Gasteiger partial charge in [0.1, 0.15) is 8.24 Å². The predicted molar refractivity (Wildman–Crippen MR) is 109 cm³/mol. The van der Waals surface area contributed by atoms with Crippen molar-refractivity contribution < 1.29 is 0 Å². The molecule has 0 saturated heterocycles. The van der Waals surface area contributed by atoms with Crippen molar-refractivity contribution in [2.75, 3.05) is 13.1 Å². The van der Waals surface area contributed by atoms with E-state index in [0.29, 0.717) is 0 Å². The van der Waals surface area contributed by atoms with Crippen molar-refractivity contribution in [3.8, 4) is 0 Å². The molecule has 0 aliphatic heterocycles. The average molecular weight is 352 g/mol. The third-order valence-electron chi connectivity index (χ3n) is 4.97. The quantitative estimate of drug-likeness (QED) is 0.505. The minimum Gasteiger partial charge on any atom is -0.331 e. The van der Waals surface area contributed by atoms with Gasteiger partial charge in [0, 0.05) is 0 Å². The van der Waals surface area contributed by atoms with Gasteiger partial charge in [-0.05, 0) is 49.3 Å². The number of nitrogens with one attached hydrogen (secondary N) is 3. The lowest BCUT2D eigenvalue weighted by Crippen LogP contribution is -2.84. The molecule has 132 valence electrons. The van der Waals surface area contributed by atoms with E-state index in [9.17, 15) is 0 Å². The number of hydrogen-bond acceptors (Lipinski definition) is 3. The Morgan fingerprint density at radius 3 is 1.61 bits per heavy atom. The first-order chi connectivity index (χ1) is 11.1. The largest absolute Gasteiger partial charge is 0.331 e. The maximum Gasteiger partial charge on any atom is 0.308 e. The predicted octanol–water partition coefficient (Wildman–Crippen LogP) is 3.43. The summed E-state index contributed by atoms with van der Waals surface area (Å²) in [5.41, 5.74) is 0. The molecule has 1 aromatic carbocycles. The highest BCUT2D eigenvalue weighted by Crippen LogP contribution is 2.18. The lowest BCUT2D eigenvalue weighted by atomic mass is 10.4. The normalized spacial score (nSPS) is 12.6. The van der Waals surface area contributed by atoms with Gasteiger partial charge in [0.25, 0.3) is 0 Å². The molecule has 0 aliphatic carbocycles. The van der Waals surface area contributed by atoms with Crippen LogP contribution in [0.5, 0.6) is 0 Å². The van der Waals surface area contributed by atoms with Crippen LogP contribution in [0.3, 0.4) is 0 Å². The van der Waals surface area contributed by atoms with Crippen molar-refractivity contribution in [2.24, 2.45) is 0 Å². The molecule has 1 aromatic rings. The number of hydrogen-bond donors (Lipinski definition) is 3. The van der Waals surface area contributed by atoms with Crippen molar-refractivity contribution in [1.82, 2.24) is 14.6 Å². The van der Waals surface area contributed by atoms with Crippen LogP contribution in [0.4, 0.5) is 0 Å². The van der Waals surface area contributed by atoms with Gasteiger partial charge in [-0.25, -0.2) is 0 Å². The summed E-state index contributed by atoms with van der Waals surface area (Å²) in [5.74, 6) is 0. The molecule has 5 heteroatoms. The van der Waals surface area contributed by atoms with E-state index >= 15 is 0 Å². The summed E-state index contributed by atoms with van der Waals surface area (Å²) in [7, 11) is -3.55. The topological polar surface area (TPSA) is 36.1 Å². The minimum atomic E-state index is -2.10. The SMILES string of the molecule is CCCN[Si](NCCC)(N[Si](CC)(CC)CC)c1ccccc1. The van der Waals surface area contributed by atoms with Gasteiger partial charge in [-0.1, -0.05) is 65.0 Å². The monoisotopic (exact) mass is 351 g/mol. The van der Waals surface area contributed by atoms with Crippen molar-refractivity contribution in [2.45, 2.75) is 65.6 Å². The van der Waals surface area contributed by atoms with Crippen LogP contribution >= 0.6 is 0 Å². The van der Waals surface area contributed by atoms with Crippen LogP contribution in [0.25, 0.3) is 0 Å². The molecule has 0 unspecified atom stereocenters. The average Bonchev–Trinajstić information content (AvgIpc) is 2.62. The zero-order valence-electron chi connectivity index (χ0n) is 15.8. The summed E-state index contributed by atoms with van der Waals surface area (Å²) >= 11 is 0. The Morgan fingerprint density at radius 2 is 1.22 bits per heavy atom. The van der Waals surface area contributed by atoms with Crippen molar-refractivity contribution in [1.29, 1.82) is 0 Å². The Bertz CT molecular complexity index is 405. The third kappa shape index (κ3) is 5.53. The molecule has 1 rings (SSSR count). The summed E-state index contributed by atoms with van der Waals surface area (Å²) in [6, 6.07) is 14.9. The third-order valence-corrected chi connectivity index (χ3v) is 15.4. The Hall–Kier alpha value is -0.466. The van der Waals surface area contributed by atoms with Crippen LogP contribution in [0.2, 0.25) is 18.1 Å². The van der Waals surface area contributed by atoms with E-state index in [0.717, 1.165) is 25.9 Å². The van der Waals surface area contributed by atoms with Crippen molar-refractivity contribution in [3.05, 3.63) is 30.3 Å². The first-order valence-electron chi connectivity index (χ1n) is 9.46. The minimum absolute atomic E-state index is 1.06. The summed E-state index contributed by atoms with van der Waals surface area (Å²) < 4.78 is 4.27. The second kappa shape index (κ2) is 10.4. The Kier molecular flexibility index (Phi) is 9.31. The molecular weight excluding hydrogens is 314 g/mol. The summed E-state index contributed by atoms with van der Waals surface area (Å²) in [6.07, 6.45) is 2.33. The van der Waals surface area contributed by atoms with E-state index in [-0.39, 0.29) is 0 Å². The molecule has 0 amide bonds. The molecule has 0 fully saturated rings. The first kappa shape index (κ1) is 20.6. The van der Waals surface area contributed by atoms with Gasteiger partial charge < -0.3 is 14.6 Å². The zero-order valence-corrected chi connectivity index (χ0v) is 17.8. The van der Waals surface area contributed by atoms with E-state index in [1.807, 2.05) is 0 Å². The van der Waals surface area contributed by atoms with Gasteiger partial charge in [-0.3, -0.25) is 0 Å². The van der Waals surface area contributed by atoms with Crippen LogP contribution in [-0.2, 0) is 0 Å². The second-order valence-electron chi connectivity index (χ2n) is 6.44. The highest BCUT2D eigenvalue weighted by molar-refractivity contribution is 6.97. The van der Waals surface area contributed by atoms with Crippen LogP contribution in [0.1, 0.15) is 47.5 Å². The number of benzene rings is 1. The van der Waals surface area contributed by atoms with Gasteiger partial charge in [0.15, 0.2) is 0 Å². The highest BCUT2D eigenvalue weighted by atomic mass is 28.4. The van der Waals surface area contributed by atoms with Crippen LogP contribution in [0.15, 0.2) is 30.3 Å². The smallest absolute Gasteiger partial charge is 0.308 e. The standard InChI is InChI=1S/C18H37N3Si2/c1-6-16-19-23(20-17-7-2,18-14-12-11-13-15-18)21-22(8-3,9-4)10-5/h11-15,19-21H,6-10,16-17H2,1-5H3. The molecular formula is C18H37N3Si2. The van der Waals surface area contributed by atoms with Crippen molar-refractivity contribution in [3.63, 3.8) is 0 Å². The molecule has 0 aromatic heterocycles. The number of rotatable bonds is 12. The molecule has 0 aliphatic rings.